The van der Waals surface area contributed by atoms with E-state index in [9.17, 15) is 24.2 Å². The second-order valence-corrected chi connectivity index (χ2v) is 14.1. The van der Waals surface area contributed by atoms with Gasteiger partial charge in [0, 0.05) is 12.8 Å². The van der Waals surface area contributed by atoms with E-state index in [0.29, 0.717) is 12.8 Å². The van der Waals surface area contributed by atoms with Gasteiger partial charge in [0.05, 0.1) is 19.8 Å². The zero-order chi connectivity index (χ0) is 34.1. The van der Waals surface area contributed by atoms with Gasteiger partial charge in [-0.3, -0.25) is 18.6 Å². The Hall–Kier alpha value is -1.03. The largest absolute Gasteiger partial charge is 0.472 e. The number of rotatable bonds is 35. The number of phosphoric acid groups is 1. The Labute approximate surface area is 280 Å². The number of carbonyl (C=O) groups excluding carboxylic acids is 2. The molecule has 0 aromatic carbocycles. The lowest BCUT2D eigenvalue weighted by molar-refractivity contribution is -0.161. The molecule has 3 N–H and O–H groups in total. The number of hydrogen-bond acceptors (Lipinski definition) is 9. The standard InChI is InChI=1S/C35H69O10P/c1-3-5-6-7-8-9-10-11-12-13-14-15-16-17-18-19-20-21-22-23-24-25-27-34(38)42-30-33(45-35(39)26-4-2)31-44-46(40,41)43-29-32(37)28-36/h32-33,36-37H,3-31H2,1-2H3,(H,40,41)/t32-,33+/m0/s1. The Morgan fingerprint density at radius 3 is 1.39 bits per heavy atom. The van der Waals surface area contributed by atoms with Crippen LogP contribution in [0, 0.1) is 0 Å². The van der Waals surface area contributed by atoms with E-state index < -0.39 is 51.8 Å². The van der Waals surface area contributed by atoms with Gasteiger partial charge < -0.3 is 24.6 Å². The zero-order valence-electron chi connectivity index (χ0n) is 29.3. The Morgan fingerprint density at radius 2 is 0.978 bits per heavy atom. The van der Waals surface area contributed by atoms with E-state index >= 15 is 0 Å². The molecule has 0 aliphatic carbocycles. The van der Waals surface area contributed by atoms with Crippen molar-refractivity contribution in [2.75, 3.05) is 26.4 Å². The van der Waals surface area contributed by atoms with Crippen molar-refractivity contribution in [1.82, 2.24) is 0 Å². The minimum Gasteiger partial charge on any atom is -0.462 e. The van der Waals surface area contributed by atoms with Crippen LogP contribution in [0.5, 0.6) is 0 Å². The summed E-state index contributed by atoms with van der Waals surface area (Å²) >= 11 is 0. The highest BCUT2D eigenvalue weighted by Gasteiger charge is 2.27. The van der Waals surface area contributed by atoms with Crippen molar-refractivity contribution in [3.05, 3.63) is 0 Å². The number of hydrogen-bond donors (Lipinski definition) is 3. The molecule has 46 heavy (non-hydrogen) atoms. The predicted molar refractivity (Wildman–Crippen MR) is 182 cm³/mol. The van der Waals surface area contributed by atoms with Crippen molar-refractivity contribution in [1.29, 1.82) is 0 Å². The van der Waals surface area contributed by atoms with E-state index in [2.05, 4.69) is 11.4 Å². The Balaban J connectivity index is 3.77. The van der Waals surface area contributed by atoms with E-state index in [1.807, 2.05) is 0 Å². The number of ether oxygens (including phenoxy) is 2. The molecule has 0 aromatic heterocycles. The van der Waals surface area contributed by atoms with Gasteiger partial charge in [-0.25, -0.2) is 4.57 Å². The van der Waals surface area contributed by atoms with Gasteiger partial charge in [0.15, 0.2) is 6.10 Å². The first-order valence-corrected chi connectivity index (χ1v) is 20.0. The molecular formula is C35H69O10P. The van der Waals surface area contributed by atoms with Crippen LogP contribution >= 0.6 is 7.82 Å². The average molecular weight is 681 g/mol. The fraction of sp³-hybridized carbons (Fsp3) is 0.943. The SMILES string of the molecule is CCCCCCCCCCCCCCCCCCCCCCCCC(=O)OC[C@H](COP(=O)(O)OC[C@@H](O)CO)OC(=O)CCC. The molecule has 1 unspecified atom stereocenters. The van der Waals surface area contributed by atoms with Crippen LogP contribution in [0.25, 0.3) is 0 Å². The first kappa shape index (κ1) is 45.0. The van der Waals surface area contributed by atoms with Gasteiger partial charge in [0.25, 0.3) is 0 Å². The third-order valence-corrected chi connectivity index (χ3v) is 8.93. The van der Waals surface area contributed by atoms with Gasteiger partial charge >= 0.3 is 19.8 Å². The first-order chi connectivity index (χ1) is 22.2. The van der Waals surface area contributed by atoms with E-state index in [-0.39, 0.29) is 19.4 Å². The summed E-state index contributed by atoms with van der Waals surface area (Å²) in [6.07, 6.45) is 27.1. The van der Waals surface area contributed by atoms with Crippen LogP contribution < -0.4 is 0 Å². The van der Waals surface area contributed by atoms with Crippen LogP contribution in [-0.4, -0.2) is 65.7 Å². The molecule has 0 aliphatic rings. The van der Waals surface area contributed by atoms with Gasteiger partial charge in [-0.2, -0.15) is 0 Å². The van der Waals surface area contributed by atoms with Crippen molar-refractivity contribution in [2.24, 2.45) is 0 Å². The Bertz CT molecular complexity index is 751. The number of unbranched alkanes of at least 4 members (excludes halogenated alkanes) is 21. The van der Waals surface area contributed by atoms with Crippen molar-refractivity contribution < 1.29 is 47.8 Å². The highest BCUT2D eigenvalue weighted by atomic mass is 31.2. The lowest BCUT2D eigenvalue weighted by Gasteiger charge is -2.20. The van der Waals surface area contributed by atoms with Crippen LogP contribution in [0.1, 0.15) is 174 Å². The molecule has 10 nitrogen and oxygen atoms in total. The highest BCUT2D eigenvalue weighted by molar-refractivity contribution is 7.47. The number of aliphatic hydroxyl groups is 2. The minimum atomic E-state index is -4.57. The second kappa shape index (κ2) is 32.5. The zero-order valence-corrected chi connectivity index (χ0v) is 30.2. The van der Waals surface area contributed by atoms with Gasteiger partial charge in [0.1, 0.15) is 12.7 Å². The molecule has 0 bridgehead atoms. The molecule has 11 heteroatoms. The molecule has 274 valence electrons. The normalized spacial score (nSPS) is 14.1. The molecule has 0 spiro atoms. The first-order valence-electron chi connectivity index (χ1n) is 18.5. The van der Waals surface area contributed by atoms with Gasteiger partial charge in [-0.1, -0.05) is 149 Å². The van der Waals surface area contributed by atoms with Gasteiger partial charge in [0.2, 0.25) is 0 Å². The predicted octanol–water partition coefficient (Wildman–Crippen LogP) is 8.72. The van der Waals surface area contributed by atoms with E-state index in [1.165, 1.54) is 122 Å². The van der Waals surface area contributed by atoms with Crippen molar-refractivity contribution in [3.63, 3.8) is 0 Å². The second-order valence-electron chi connectivity index (χ2n) is 12.6. The quantitative estimate of drug-likeness (QED) is 0.0337. The number of aliphatic hydroxyl groups excluding tert-OH is 2. The molecule has 0 rings (SSSR count). The Kier molecular flexibility index (Phi) is 31.8. The van der Waals surface area contributed by atoms with Crippen LogP contribution in [0.4, 0.5) is 0 Å². The number of phosphoric ester groups is 1. The fourth-order valence-electron chi connectivity index (χ4n) is 5.15. The summed E-state index contributed by atoms with van der Waals surface area (Å²) in [5.41, 5.74) is 0. The summed E-state index contributed by atoms with van der Waals surface area (Å²) in [6.45, 7) is 1.97. The molecule has 0 aromatic rings. The lowest BCUT2D eigenvalue weighted by Crippen LogP contribution is -2.29. The molecule has 0 radical (unpaired) electrons. The highest BCUT2D eigenvalue weighted by Crippen LogP contribution is 2.43. The van der Waals surface area contributed by atoms with Crippen LogP contribution in [0.3, 0.4) is 0 Å². The van der Waals surface area contributed by atoms with Gasteiger partial charge in [-0.05, 0) is 12.8 Å². The lowest BCUT2D eigenvalue weighted by atomic mass is 10.0. The summed E-state index contributed by atoms with van der Waals surface area (Å²) in [5.74, 6) is -0.977. The minimum absolute atomic E-state index is 0.139. The maximum Gasteiger partial charge on any atom is 0.472 e. The molecule has 3 atom stereocenters. The summed E-state index contributed by atoms with van der Waals surface area (Å²) < 4.78 is 31.9. The Morgan fingerprint density at radius 1 is 0.565 bits per heavy atom. The summed E-state index contributed by atoms with van der Waals surface area (Å²) in [6, 6.07) is 0. The number of esters is 2. The topological polar surface area (TPSA) is 149 Å². The molecule has 0 aliphatic heterocycles. The van der Waals surface area contributed by atoms with Crippen molar-refractivity contribution in [3.8, 4) is 0 Å². The molecule has 0 amide bonds. The maximum absolute atomic E-state index is 12.2. The van der Waals surface area contributed by atoms with Crippen LogP contribution in [0.15, 0.2) is 0 Å². The maximum atomic E-state index is 12.2. The summed E-state index contributed by atoms with van der Waals surface area (Å²) in [5, 5.41) is 18.1. The molecule has 0 heterocycles. The van der Waals surface area contributed by atoms with Crippen molar-refractivity contribution in [2.45, 2.75) is 187 Å². The summed E-state index contributed by atoms with van der Waals surface area (Å²) in [4.78, 5) is 33.8. The third-order valence-electron chi connectivity index (χ3n) is 7.98. The smallest absolute Gasteiger partial charge is 0.462 e. The third kappa shape index (κ3) is 31.6. The molecular weight excluding hydrogens is 611 g/mol. The van der Waals surface area contributed by atoms with Crippen LogP contribution in [0.2, 0.25) is 0 Å². The van der Waals surface area contributed by atoms with Gasteiger partial charge in [-0.15, -0.1) is 0 Å². The average Bonchev–Trinajstić information content (AvgIpc) is 3.03. The van der Waals surface area contributed by atoms with E-state index in [4.69, 9.17) is 19.1 Å². The van der Waals surface area contributed by atoms with E-state index in [1.54, 1.807) is 6.92 Å². The summed E-state index contributed by atoms with van der Waals surface area (Å²) in [7, 11) is -4.57. The molecule has 0 saturated heterocycles. The van der Waals surface area contributed by atoms with Crippen molar-refractivity contribution >= 4 is 19.8 Å². The van der Waals surface area contributed by atoms with Crippen LogP contribution in [-0.2, 0) is 32.7 Å². The molecule has 0 saturated carbocycles. The van der Waals surface area contributed by atoms with E-state index in [0.717, 1.165) is 12.8 Å². The molecule has 0 fully saturated rings. The number of carbonyl (C=O) groups is 2. The fourth-order valence-corrected chi connectivity index (χ4v) is 5.94. The monoisotopic (exact) mass is 680 g/mol.